The van der Waals surface area contributed by atoms with Crippen molar-refractivity contribution in [2.75, 3.05) is 11.9 Å². The number of carbonyl (C=O) groups excluding carboxylic acids is 1. The summed E-state index contributed by atoms with van der Waals surface area (Å²) in [6.07, 6.45) is 1.06. The average Bonchev–Trinajstić information content (AvgIpc) is 3.38. The Balaban J connectivity index is 1.48. The van der Waals surface area contributed by atoms with E-state index in [0.29, 0.717) is 37.1 Å². The van der Waals surface area contributed by atoms with Crippen LogP contribution in [-0.4, -0.2) is 12.5 Å². The molecule has 2 aromatic carbocycles. The lowest BCUT2D eigenvalue weighted by atomic mass is 9.99. The maximum atomic E-state index is 14.6. The molecule has 3 nitrogen and oxygen atoms in total. The second-order valence-electron chi connectivity index (χ2n) is 6.60. The van der Waals surface area contributed by atoms with E-state index < -0.39 is 23.4 Å². The van der Waals surface area contributed by atoms with Crippen LogP contribution in [0, 0.1) is 23.4 Å². The summed E-state index contributed by atoms with van der Waals surface area (Å²) in [5.74, 6) is -2.72. The summed E-state index contributed by atoms with van der Waals surface area (Å²) in [7, 11) is 0. The molecule has 1 amide bonds. The summed E-state index contributed by atoms with van der Waals surface area (Å²) >= 11 is 0. The van der Waals surface area contributed by atoms with Gasteiger partial charge in [0, 0.05) is 18.5 Å². The maximum Gasteiger partial charge on any atom is 0.228 e. The Morgan fingerprint density at radius 2 is 2.00 bits per heavy atom. The molecule has 0 bridgehead atoms. The summed E-state index contributed by atoms with van der Waals surface area (Å²) < 4.78 is 41.4. The minimum Gasteiger partial charge on any atom is -0.323 e. The monoisotopic (exact) mass is 346 g/mol. The van der Waals surface area contributed by atoms with Crippen molar-refractivity contribution < 1.29 is 18.0 Å². The van der Waals surface area contributed by atoms with Crippen molar-refractivity contribution >= 4 is 11.6 Å². The number of benzene rings is 2. The average molecular weight is 346 g/mol. The molecule has 2 N–H and O–H groups in total. The Hall–Kier alpha value is -2.34. The number of carbonyl (C=O) groups is 1. The van der Waals surface area contributed by atoms with Gasteiger partial charge in [-0.05, 0) is 54.1 Å². The zero-order chi connectivity index (χ0) is 17.6. The number of nitrogens with one attached hydrogen (secondary N) is 2. The second kappa shape index (κ2) is 6.19. The Morgan fingerprint density at radius 3 is 2.80 bits per heavy atom. The topological polar surface area (TPSA) is 41.1 Å². The van der Waals surface area contributed by atoms with E-state index >= 15 is 0 Å². The van der Waals surface area contributed by atoms with Crippen LogP contribution in [0.1, 0.15) is 29.0 Å². The molecule has 0 saturated heterocycles. The van der Waals surface area contributed by atoms with Gasteiger partial charge in [0.1, 0.15) is 17.5 Å². The molecular weight excluding hydrogens is 329 g/mol. The third-order valence-corrected chi connectivity index (χ3v) is 4.95. The Labute approximate surface area is 143 Å². The highest BCUT2D eigenvalue weighted by Crippen LogP contribution is 2.49. The van der Waals surface area contributed by atoms with Crippen LogP contribution in [0.4, 0.5) is 18.9 Å². The van der Waals surface area contributed by atoms with Gasteiger partial charge >= 0.3 is 0 Å². The quantitative estimate of drug-likeness (QED) is 0.893. The number of hydrogen-bond donors (Lipinski definition) is 2. The van der Waals surface area contributed by atoms with Gasteiger partial charge < -0.3 is 10.6 Å². The zero-order valence-electron chi connectivity index (χ0n) is 13.4. The van der Waals surface area contributed by atoms with Crippen LogP contribution in [0.25, 0.3) is 0 Å². The fourth-order valence-electron chi connectivity index (χ4n) is 3.49. The van der Waals surface area contributed by atoms with E-state index in [-0.39, 0.29) is 17.5 Å². The van der Waals surface area contributed by atoms with Crippen molar-refractivity contribution in [3.05, 3.63) is 64.5 Å². The van der Waals surface area contributed by atoms with Gasteiger partial charge in [0.25, 0.3) is 0 Å². The first-order valence-electron chi connectivity index (χ1n) is 8.31. The first-order chi connectivity index (χ1) is 12.0. The first kappa shape index (κ1) is 16.1. The number of anilines is 1. The van der Waals surface area contributed by atoms with Gasteiger partial charge in [-0.1, -0.05) is 12.1 Å². The molecule has 2 aliphatic rings. The van der Waals surface area contributed by atoms with Gasteiger partial charge in [-0.25, -0.2) is 13.2 Å². The van der Waals surface area contributed by atoms with Gasteiger partial charge in [-0.15, -0.1) is 0 Å². The van der Waals surface area contributed by atoms with E-state index in [0.717, 1.165) is 11.6 Å². The van der Waals surface area contributed by atoms with E-state index in [9.17, 15) is 18.0 Å². The molecular formula is C19H17F3N2O. The fourth-order valence-corrected chi connectivity index (χ4v) is 3.49. The summed E-state index contributed by atoms with van der Waals surface area (Å²) in [6, 6.07) is 6.75. The molecule has 1 fully saturated rings. The van der Waals surface area contributed by atoms with Crippen LogP contribution >= 0.6 is 0 Å². The number of amides is 1. The molecule has 2 aromatic rings. The number of rotatable bonds is 3. The molecule has 0 radical (unpaired) electrons. The standard InChI is InChI=1S/C19H17F3N2O/c20-11-2-3-13(16(21)7-11)14-8-15(14)19(25)24-17-4-1-10-9-23-6-5-12(10)18(17)22/h1-4,7,14-15,23H,5-6,8-9H2,(H,24,25). The molecule has 0 aromatic heterocycles. The molecule has 1 saturated carbocycles. The number of hydrogen-bond acceptors (Lipinski definition) is 2. The highest BCUT2D eigenvalue weighted by Gasteiger charge is 2.45. The molecule has 25 heavy (non-hydrogen) atoms. The molecule has 2 atom stereocenters. The van der Waals surface area contributed by atoms with Crippen molar-refractivity contribution in [2.24, 2.45) is 5.92 Å². The van der Waals surface area contributed by atoms with Crippen LogP contribution in [0.2, 0.25) is 0 Å². The SMILES string of the molecule is O=C(Nc1ccc2c(c1F)CCNC2)C1CC1c1ccc(F)cc1F. The molecule has 1 heterocycles. The van der Waals surface area contributed by atoms with Crippen molar-refractivity contribution in [1.29, 1.82) is 0 Å². The van der Waals surface area contributed by atoms with Crippen LogP contribution < -0.4 is 10.6 Å². The molecule has 2 unspecified atom stereocenters. The van der Waals surface area contributed by atoms with Crippen molar-refractivity contribution in [2.45, 2.75) is 25.3 Å². The lowest BCUT2D eigenvalue weighted by Gasteiger charge is -2.19. The van der Waals surface area contributed by atoms with Gasteiger partial charge in [-0.3, -0.25) is 4.79 Å². The third-order valence-electron chi connectivity index (χ3n) is 4.95. The summed E-state index contributed by atoms with van der Waals surface area (Å²) in [4.78, 5) is 12.4. The van der Waals surface area contributed by atoms with E-state index in [2.05, 4.69) is 10.6 Å². The molecule has 0 spiro atoms. The lowest BCUT2D eigenvalue weighted by molar-refractivity contribution is -0.117. The van der Waals surface area contributed by atoms with Gasteiger partial charge in [0.05, 0.1) is 5.69 Å². The van der Waals surface area contributed by atoms with Crippen LogP contribution in [-0.2, 0) is 17.8 Å². The van der Waals surface area contributed by atoms with E-state index in [4.69, 9.17) is 0 Å². The van der Waals surface area contributed by atoms with Gasteiger partial charge in [0.15, 0.2) is 0 Å². The molecule has 130 valence electrons. The lowest BCUT2D eigenvalue weighted by Crippen LogP contribution is -2.25. The van der Waals surface area contributed by atoms with Gasteiger partial charge in [0.2, 0.25) is 5.91 Å². The van der Waals surface area contributed by atoms with Crippen LogP contribution in [0.5, 0.6) is 0 Å². The number of halogens is 3. The van der Waals surface area contributed by atoms with E-state index in [1.54, 1.807) is 6.07 Å². The highest BCUT2D eigenvalue weighted by atomic mass is 19.1. The molecule has 6 heteroatoms. The zero-order valence-corrected chi connectivity index (χ0v) is 13.4. The normalized spacial score (nSPS) is 21.6. The highest BCUT2D eigenvalue weighted by molar-refractivity contribution is 5.95. The van der Waals surface area contributed by atoms with Crippen molar-refractivity contribution in [3.63, 3.8) is 0 Å². The molecule has 1 aliphatic carbocycles. The van der Waals surface area contributed by atoms with Crippen LogP contribution in [0.3, 0.4) is 0 Å². The predicted octanol–water partition coefficient (Wildman–Crippen LogP) is 3.49. The Morgan fingerprint density at radius 1 is 1.16 bits per heavy atom. The smallest absolute Gasteiger partial charge is 0.228 e. The first-order valence-corrected chi connectivity index (χ1v) is 8.31. The minimum atomic E-state index is -0.646. The summed E-state index contributed by atoms with van der Waals surface area (Å²) in [5, 5.41) is 5.80. The second-order valence-corrected chi connectivity index (χ2v) is 6.60. The molecule has 1 aliphatic heterocycles. The molecule has 4 rings (SSSR count). The largest absolute Gasteiger partial charge is 0.323 e. The predicted molar refractivity (Wildman–Crippen MR) is 87.6 cm³/mol. The van der Waals surface area contributed by atoms with Crippen LogP contribution in [0.15, 0.2) is 30.3 Å². The summed E-state index contributed by atoms with van der Waals surface area (Å²) in [5.41, 5.74) is 2.03. The Bertz CT molecular complexity index is 853. The fraction of sp³-hybridized carbons (Fsp3) is 0.316. The van der Waals surface area contributed by atoms with E-state index in [1.165, 1.54) is 12.1 Å². The van der Waals surface area contributed by atoms with Crippen molar-refractivity contribution in [1.82, 2.24) is 5.32 Å². The third kappa shape index (κ3) is 3.02. The maximum absolute atomic E-state index is 14.6. The van der Waals surface area contributed by atoms with Crippen molar-refractivity contribution in [3.8, 4) is 0 Å². The van der Waals surface area contributed by atoms with E-state index in [1.807, 2.05) is 6.07 Å². The number of fused-ring (bicyclic) bond motifs is 1. The summed E-state index contributed by atoms with van der Waals surface area (Å²) in [6.45, 7) is 1.32. The minimum absolute atomic E-state index is 0.163. The Kier molecular flexibility index (Phi) is 4.00. The van der Waals surface area contributed by atoms with Gasteiger partial charge in [-0.2, -0.15) is 0 Å².